The number of amides is 1. The number of benzene rings is 1. The van der Waals surface area contributed by atoms with E-state index in [1.807, 2.05) is 18.2 Å². The van der Waals surface area contributed by atoms with Gasteiger partial charge in [-0.15, -0.1) is 0 Å². The lowest BCUT2D eigenvalue weighted by atomic mass is 9.95. The predicted octanol–water partition coefficient (Wildman–Crippen LogP) is 0.562. The lowest BCUT2D eigenvalue weighted by Gasteiger charge is -2.32. The maximum Gasteiger partial charge on any atom is 0.210 e. The normalized spacial score (nSPS) is 20.4. The van der Waals surface area contributed by atoms with E-state index < -0.39 is 0 Å². The van der Waals surface area contributed by atoms with E-state index >= 15 is 0 Å². The zero-order valence-electron chi connectivity index (χ0n) is 7.89. The van der Waals surface area contributed by atoms with Crippen molar-refractivity contribution in [2.45, 2.75) is 19.0 Å². The number of hydrogen-bond donors (Lipinski definition) is 1. The first-order valence-corrected chi connectivity index (χ1v) is 4.74. The minimum absolute atomic E-state index is 0.0348. The summed E-state index contributed by atoms with van der Waals surface area (Å²) in [6.45, 7) is 0.651. The quantitative estimate of drug-likeness (QED) is 0.694. The number of aliphatic hydroxyl groups is 1. The lowest BCUT2D eigenvalue weighted by molar-refractivity contribution is -0.122. The Hall–Kier alpha value is -1.35. The molecule has 0 bridgehead atoms. The molecule has 1 aliphatic heterocycles. The van der Waals surface area contributed by atoms with Crippen LogP contribution in [-0.2, 0) is 17.8 Å². The van der Waals surface area contributed by atoms with Gasteiger partial charge in [-0.3, -0.25) is 4.79 Å². The average Bonchev–Trinajstić information content (AvgIpc) is 2.27. The van der Waals surface area contributed by atoms with Crippen LogP contribution in [0.5, 0.6) is 0 Å². The minimum atomic E-state index is -0.0533. The summed E-state index contributed by atoms with van der Waals surface area (Å²) >= 11 is 0. The highest BCUT2D eigenvalue weighted by molar-refractivity contribution is 5.50. The van der Waals surface area contributed by atoms with E-state index in [9.17, 15) is 4.79 Å². The molecule has 3 heteroatoms. The van der Waals surface area contributed by atoms with Crippen LogP contribution in [0.15, 0.2) is 24.3 Å². The van der Waals surface area contributed by atoms with Gasteiger partial charge in [-0.2, -0.15) is 0 Å². The van der Waals surface area contributed by atoms with Crippen molar-refractivity contribution in [3.8, 4) is 0 Å². The van der Waals surface area contributed by atoms with Crippen molar-refractivity contribution in [1.82, 2.24) is 4.90 Å². The fourth-order valence-electron chi connectivity index (χ4n) is 1.90. The van der Waals surface area contributed by atoms with Crippen molar-refractivity contribution in [3.05, 3.63) is 35.4 Å². The van der Waals surface area contributed by atoms with E-state index in [0.717, 1.165) is 12.8 Å². The van der Waals surface area contributed by atoms with Gasteiger partial charge in [-0.05, 0) is 17.5 Å². The minimum Gasteiger partial charge on any atom is -0.394 e. The number of carbonyl (C=O) groups is 1. The molecule has 0 fully saturated rings. The molecular weight excluding hydrogens is 178 g/mol. The van der Waals surface area contributed by atoms with E-state index in [0.29, 0.717) is 6.54 Å². The van der Waals surface area contributed by atoms with Gasteiger partial charge >= 0.3 is 0 Å². The van der Waals surface area contributed by atoms with Gasteiger partial charge in [-0.25, -0.2) is 0 Å². The molecule has 3 nitrogen and oxygen atoms in total. The third kappa shape index (κ3) is 1.51. The number of nitrogens with zero attached hydrogens (tertiary/aromatic N) is 1. The molecule has 2 rings (SSSR count). The van der Waals surface area contributed by atoms with E-state index in [1.165, 1.54) is 11.1 Å². The van der Waals surface area contributed by atoms with Crippen LogP contribution in [0.4, 0.5) is 0 Å². The fraction of sp³-hybridized carbons (Fsp3) is 0.364. The number of rotatable bonds is 2. The molecule has 0 spiro atoms. The second-order valence-corrected chi connectivity index (χ2v) is 3.59. The van der Waals surface area contributed by atoms with Crippen molar-refractivity contribution in [3.63, 3.8) is 0 Å². The Balaban J connectivity index is 2.29. The van der Waals surface area contributed by atoms with E-state index in [4.69, 9.17) is 5.11 Å². The summed E-state index contributed by atoms with van der Waals surface area (Å²) in [5, 5.41) is 9.12. The maximum atomic E-state index is 10.8. The van der Waals surface area contributed by atoms with Gasteiger partial charge in [0.05, 0.1) is 12.6 Å². The standard InChI is InChI=1S/C11H13NO2/c13-7-11-5-9-3-1-2-4-10(9)6-12(11)8-14/h1-4,8,11,13H,5-7H2. The predicted molar refractivity (Wildman–Crippen MR) is 52.6 cm³/mol. The largest absolute Gasteiger partial charge is 0.394 e. The molecule has 1 unspecified atom stereocenters. The molecule has 0 saturated heterocycles. The van der Waals surface area contributed by atoms with E-state index in [2.05, 4.69) is 6.07 Å². The Morgan fingerprint density at radius 1 is 1.43 bits per heavy atom. The molecular formula is C11H13NO2. The molecule has 0 aliphatic carbocycles. The zero-order chi connectivity index (χ0) is 9.97. The average molecular weight is 191 g/mol. The SMILES string of the molecule is O=CN1Cc2ccccc2CC1CO. The molecule has 1 aliphatic rings. The molecule has 0 aromatic heterocycles. The highest BCUT2D eigenvalue weighted by Gasteiger charge is 2.23. The van der Waals surface area contributed by atoms with Crippen LogP contribution < -0.4 is 0 Å². The van der Waals surface area contributed by atoms with Gasteiger partial charge in [0.25, 0.3) is 0 Å². The summed E-state index contributed by atoms with van der Waals surface area (Å²) in [6, 6.07) is 7.99. The Morgan fingerprint density at radius 3 is 2.79 bits per heavy atom. The topological polar surface area (TPSA) is 40.5 Å². The maximum absolute atomic E-state index is 10.8. The molecule has 1 aromatic carbocycles. The number of hydrogen-bond acceptors (Lipinski definition) is 2. The summed E-state index contributed by atoms with van der Waals surface area (Å²) < 4.78 is 0. The van der Waals surface area contributed by atoms with Gasteiger partial charge < -0.3 is 10.0 Å². The Morgan fingerprint density at radius 2 is 2.14 bits per heavy atom. The molecule has 0 saturated carbocycles. The van der Waals surface area contributed by atoms with Gasteiger partial charge in [0.2, 0.25) is 6.41 Å². The summed E-state index contributed by atoms with van der Waals surface area (Å²) in [5.41, 5.74) is 2.42. The summed E-state index contributed by atoms with van der Waals surface area (Å²) in [5.74, 6) is 0. The zero-order valence-corrected chi connectivity index (χ0v) is 7.89. The summed E-state index contributed by atoms with van der Waals surface area (Å²) in [6.07, 6.45) is 1.57. The van der Waals surface area contributed by atoms with Gasteiger partial charge in [0, 0.05) is 6.54 Å². The molecule has 0 radical (unpaired) electrons. The van der Waals surface area contributed by atoms with Crippen LogP contribution in [0, 0.1) is 0 Å². The first kappa shape index (κ1) is 9.21. The van der Waals surface area contributed by atoms with Gasteiger partial charge in [-0.1, -0.05) is 24.3 Å². The van der Waals surface area contributed by atoms with Crippen LogP contribution in [0.3, 0.4) is 0 Å². The Bertz CT molecular complexity index is 338. The van der Waals surface area contributed by atoms with Gasteiger partial charge in [0.1, 0.15) is 0 Å². The van der Waals surface area contributed by atoms with Crippen LogP contribution in [0.25, 0.3) is 0 Å². The number of carbonyl (C=O) groups excluding carboxylic acids is 1. The summed E-state index contributed by atoms with van der Waals surface area (Å²) in [4.78, 5) is 12.4. The molecule has 74 valence electrons. The first-order chi connectivity index (χ1) is 6.85. The molecule has 1 amide bonds. The van der Waals surface area contributed by atoms with E-state index in [1.54, 1.807) is 4.90 Å². The van der Waals surface area contributed by atoms with Crippen LogP contribution in [-0.4, -0.2) is 29.1 Å². The smallest absolute Gasteiger partial charge is 0.210 e. The fourth-order valence-corrected chi connectivity index (χ4v) is 1.90. The highest BCUT2D eigenvalue weighted by atomic mass is 16.3. The second-order valence-electron chi connectivity index (χ2n) is 3.59. The molecule has 1 aromatic rings. The van der Waals surface area contributed by atoms with Crippen LogP contribution in [0.1, 0.15) is 11.1 Å². The van der Waals surface area contributed by atoms with Crippen molar-refractivity contribution < 1.29 is 9.90 Å². The van der Waals surface area contributed by atoms with Crippen molar-refractivity contribution in [2.24, 2.45) is 0 Å². The Kier molecular flexibility index (Phi) is 2.50. The summed E-state index contributed by atoms with van der Waals surface area (Å²) in [7, 11) is 0. The molecule has 1 N–H and O–H groups in total. The number of fused-ring (bicyclic) bond motifs is 1. The monoisotopic (exact) mass is 191 g/mol. The van der Waals surface area contributed by atoms with Crippen LogP contribution >= 0.6 is 0 Å². The molecule has 1 atom stereocenters. The second kappa shape index (κ2) is 3.80. The lowest BCUT2D eigenvalue weighted by Crippen LogP contribution is -2.41. The first-order valence-electron chi connectivity index (χ1n) is 4.74. The van der Waals surface area contributed by atoms with Gasteiger partial charge in [0.15, 0.2) is 0 Å². The third-order valence-electron chi connectivity index (χ3n) is 2.74. The molecule has 1 heterocycles. The number of aliphatic hydroxyl groups excluding tert-OH is 1. The Labute approximate surface area is 83.0 Å². The van der Waals surface area contributed by atoms with Crippen molar-refractivity contribution in [1.29, 1.82) is 0 Å². The molecule has 14 heavy (non-hydrogen) atoms. The van der Waals surface area contributed by atoms with Crippen molar-refractivity contribution in [2.75, 3.05) is 6.61 Å². The third-order valence-corrected chi connectivity index (χ3v) is 2.74. The highest BCUT2D eigenvalue weighted by Crippen LogP contribution is 2.21. The van der Waals surface area contributed by atoms with Crippen LogP contribution in [0.2, 0.25) is 0 Å². The van der Waals surface area contributed by atoms with E-state index in [-0.39, 0.29) is 12.6 Å². The van der Waals surface area contributed by atoms with Crippen molar-refractivity contribution >= 4 is 6.41 Å².